The van der Waals surface area contributed by atoms with Crippen LogP contribution in [0, 0.1) is 0 Å². The van der Waals surface area contributed by atoms with Gasteiger partial charge in [0.2, 0.25) is 5.91 Å². The van der Waals surface area contributed by atoms with Gasteiger partial charge in [-0.3, -0.25) is 19.2 Å². The van der Waals surface area contributed by atoms with Gasteiger partial charge in [0.1, 0.15) is 11.7 Å². The number of hydrogen-bond donors (Lipinski definition) is 2. The van der Waals surface area contributed by atoms with E-state index in [4.69, 9.17) is 28.9 Å². The first kappa shape index (κ1) is 32.8. The zero-order chi connectivity index (χ0) is 32.6. The number of amides is 3. The second-order valence-electron chi connectivity index (χ2n) is 11.4. The highest BCUT2D eigenvalue weighted by atomic mass is 79.9. The van der Waals surface area contributed by atoms with Gasteiger partial charge in [-0.15, -0.1) is 0 Å². The Hall–Kier alpha value is -3.10. The zero-order valence-corrected chi connectivity index (χ0v) is 29.3. The molecule has 2 aromatic carbocycles. The Morgan fingerprint density at radius 1 is 1.02 bits per heavy atom. The van der Waals surface area contributed by atoms with Crippen molar-refractivity contribution in [3.05, 3.63) is 87.5 Å². The molecule has 0 radical (unpaired) electrons. The summed E-state index contributed by atoms with van der Waals surface area (Å²) in [6.07, 6.45) is 3.77. The third-order valence-corrected chi connectivity index (χ3v) is 11.1. The van der Waals surface area contributed by atoms with E-state index in [-0.39, 0.29) is 36.8 Å². The number of aromatic amines is 1. The van der Waals surface area contributed by atoms with Crippen LogP contribution >= 0.6 is 55.1 Å². The monoisotopic (exact) mass is 792 g/mol. The van der Waals surface area contributed by atoms with Gasteiger partial charge >= 0.3 is 11.7 Å². The van der Waals surface area contributed by atoms with Crippen molar-refractivity contribution in [1.29, 1.82) is 0 Å². The number of benzene rings is 2. The lowest BCUT2D eigenvalue weighted by Crippen LogP contribution is -2.65. The number of pyridine rings is 1. The molecule has 2 aliphatic heterocycles. The summed E-state index contributed by atoms with van der Waals surface area (Å²) in [5, 5.41) is 0.862. The number of nitrogens with one attached hydrogen (secondary N) is 1. The Balaban J connectivity index is 1.23. The molecule has 6 rings (SSSR count). The SMILES string of the molecule is NC1(n2c(=O)[nH]c3cc(Cl)c(Cl)cc32)CCN(C(=O)N(c2ccccc2)[C@@H](CBr)C(=O)N2CCN(c3ccncc3)CC2)CC1Br. The lowest BCUT2D eigenvalue weighted by atomic mass is 9.97. The van der Waals surface area contributed by atoms with E-state index in [1.54, 1.807) is 34.3 Å². The standard InChI is InChI=1S/C31H32Br2Cl2N8O3/c32-18-26(28(44)40-14-12-39(13-15-40)20-6-9-37-10-7-20)42(21-4-2-1-3-5-21)30(46)41-11-8-31(36,27(33)19-41)43-25-17-23(35)22(34)16-24(25)38-29(43)45/h1-7,9-10,16-17,26-27H,8,11-15,18-19,36H2,(H,38,45)/t26-,27?,31?/m0/s1. The smallest absolute Gasteiger partial charge is 0.328 e. The fourth-order valence-electron chi connectivity index (χ4n) is 6.22. The molecule has 2 fully saturated rings. The number of anilines is 2. The molecule has 2 aromatic heterocycles. The Bertz CT molecular complexity index is 1790. The predicted octanol–water partition coefficient (Wildman–Crippen LogP) is 4.85. The van der Waals surface area contributed by atoms with Crippen LogP contribution in [0.4, 0.5) is 16.2 Å². The van der Waals surface area contributed by atoms with E-state index in [2.05, 4.69) is 46.7 Å². The number of carbonyl (C=O) groups excluding carboxylic acids is 2. The van der Waals surface area contributed by atoms with Gasteiger partial charge < -0.3 is 25.4 Å². The molecule has 2 saturated heterocycles. The highest BCUT2D eigenvalue weighted by Gasteiger charge is 2.45. The van der Waals surface area contributed by atoms with Crippen molar-refractivity contribution < 1.29 is 9.59 Å². The summed E-state index contributed by atoms with van der Waals surface area (Å²) in [5.74, 6) is -0.134. The number of piperazine rings is 1. The van der Waals surface area contributed by atoms with Gasteiger partial charge in [-0.2, -0.15) is 0 Å². The number of fused-ring (bicyclic) bond motifs is 1. The van der Waals surface area contributed by atoms with Gasteiger partial charge in [-0.05, 0) is 36.4 Å². The molecule has 242 valence electrons. The summed E-state index contributed by atoms with van der Waals surface area (Å²) >= 11 is 19.7. The summed E-state index contributed by atoms with van der Waals surface area (Å²) in [6.45, 7) is 2.83. The number of para-hydroxylation sites is 1. The summed E-state index contributed by atoms with van der Waals surface area (Å²) in [4.78, 5) is 55.3. The van der Waals surface area contributed by atoms with Gasteiger partial charge in [0, 0.05) is 74.8 Å². The number of nitrogens with zero attached hydrogens (tertiary/aromatic N) is 6. The number of likely N-dealkylation sites (tertiary alicyclic amines) is 1. The minimum Gasteiger partial charge on any atom is -0.368 e. The van der Waals surface area contributed by atoms with Gasteiger partial charge in [0.15, 0.2) is 0 Å². The van der Waals surface area contributed by atoms with E-state index in [9.17, 15) is 14.4 Å². The van der Waals surface area contributed by atoms with Crippen molar-refractivity contribution in [1.82, 2.24) is 24.3 Å². The molecule has 3 N–H and O–H groups in total. The number of imidazole rings is 1. The highest BCUT2D eigenvalue weighted by molar-refractivity contribution is 9.09. The molecule has 0 saturated carbocycles. The number of hydrogen-bond acceptors (Lipinski definition) is 6. The van der Waals surface area contributed by atoms with Crippen molar-refractivity contribution in [2.24, 2.45) is 5.73 Å². The molecule has 15 heteroatoms. The van der Waals surface area contributed by atoms with E-state index in [1.807, 2.05) is 47.4 Å². The maximum Gasteiger partial charge on any atom is 0.328 e. The van der Waals surface area contributed by atoms with Crippen LogP contribution in [-0.4, -0.2) is 91.7 Å². The van der Waals surface area contributed by atoms with Crippen molar-refractivity contribution >= 4 is 89.4 Å². The average molecular weight is 795 g/mol. The quantitative estimate of drug-likeness (QED) is 0.269. The third-order valence-electron chi connectivity index (χ3n) is 8.72. The highest BCUT2D eigenvalue weighted by Crippen LogP contribution is 2.35. The number of rotatable bonds is 6. The normalized spacial score (nSPS) is 21.0. The van der Waals surface area contributed by atoms with E-state index >= 15 is 0 Å². The second kappa shape index (κ2) is 13.6. The molecule has 0 spiro atoms. The fourth-order valence-corrected chi connectivity index (χ4v) is 7.89. The average Bonchev–Trinajstić information content (AvgIpc) is 3.39. The van der Waals surface area contributed by atoms with Crippen molar-refractivity contribution in [3.8, 4) is 0 Å². The van der Waals surface area contributed by atoms with Crippen LogP contribution in [0.5, 0.6) is 0 Å². The number of piperidine rings is 1. The number of aromatic nitrogens is 3. The van der Waals surface area contributed by atoms with Gasteiger partial charge in [-0.25, -0.2) is 9.59 Å². The maximum absolute atomic E-state index is 14.4. The largest absolute Gasteiger partial charge is 0.368 e. The van der Waals surface area contributed by atoms with Crippen LogP contribution in [0.1, 0.15) is 6.42 Å². The van der Waals surface area contributed by atoms with Gasteiger partial charge in [0.25, 0.3) is 0 Å². The van der Waals surface area contributed by atoms with E-state index < -0.39 is 22.2 Å². The van der Waals surface area contributed by atoms with Crippen LogP contribution < -0.4 is 21.2 Å². The first-order chi connectivity index (χ1) is 22.1. The molecule has 0 aliphatic carbocycles. The van der Waals surface area contributed by atoms with Crippen molar-refractivity contribution in [2.45, 2.75) is 23.0 Å². The predicted molar refractivity (Wildman–Crippen MR) is 189 cm³/mol. The van der Waals surface area contributed by atoms with Crippen LogP contribution in [-0.2, 0) is 10.5 Å². The van der Waals surface area contributed by atoms with Crippen LogP contribution in [0.15, 0.2) is 71.8 Å². The third kappa shape index (κ3) is 6.15. The van der Waals surface area contributed by atoms with Crippen molar-refractivity contribution in [3.63, 3.8) is 0 Å². The molecule has 0 bridgehead atoms. The number of nitrogens with two attached hydrogens (primary N) is 1. The Morgan fingerprint density at radius 2 is 1.70 bits per heavy atom. The van der Waals surface area contributed by atoms with Crippen LogP contribution in [0.2, 0.25) is 10.0 Å². The molecule has 2 aliphatic rings. The molecular weight excluding hydrogens is 763 g/mol. The van der Waals surface area contributed by atoms with Crippen LogP contribution in [0.3, 0.4) is 0 Å². The van der Waals surface area contributed by atoms with E-state index in [0.29, 0.717) is 52.9 Å². The molecule has 2 unspecified atom stereocenters. The number of alkyl halides is 2. The molecular formula is C31H32Br2Cl2N8O3. The van der Waals surface area contributed by atoms with E-state index in [1.165, 1.54) is 4.57 Å². The fraction of sp³-hybridized carbons (Fsp3) is 0.355. The summed E-state index contributed by atoms with van der Waals surface area (Å²) in [6, 6.07) is 15.2. The molecule has 11 nitrogen and oxygen atoms in total. The first-order valence-electron chi connectivity index (χ1n) is 14.8. The minimum atomic E-state index is -1.18. The molecule has 4 aromatic rings. The zero-order valence-electron chi connectivity index (χ0n) is 24.7. The first-order valence-corrected chi connectivity index (χ1v) is 17.6. The molecule has 4 heterocycles. The summed E-state index contributed by atoms with van der Waals surface area (Å²) in [5.41, 5.74) is 8.07. The maximum atomic E-state index is 14.4. The summed E-state index contributed by atoms with van der Waals surface area (Å²) < 4.78 is 1.48. The molecule has 3 atom stereocenters. The Morgan fingerprint density at radius 3 is 2.35 bits per heavy atom. The number of carbonyl (C=O) groups is 2. The van der Waals surface area contributed by atoms with Gasteiger partial charge in [-0.1, -0.05) is 73.3 Å². The topological polar surface area (TPSA) is 124 Å². The lowest BCUT2D eigenvalue weighted by Gasteiger charge is -2.46. The number of urea groups is 1. The molecule has 3 amide bonds. The molecule has 46 heavy (non-hydrogen) atoms. The second-order valence-corrected chi connectivity index (χ2v) is 13.9. The summed E-state index contributed by atoms with van der Waals surface area (Å²) in [7, 11) is 0. The number of H-pyrrole nitrogens is 1. The Kier molecular flexibility index (Phi) is 9.68. The number of halogens is 4. The van der Waals surface area contributed by atoms with Crippen LogP contribution in [0.25, 0.3) is 11.0 Å². The van der Waals surface area contributed by atoms with Gasteiger partial charge in [0.05, 0.1) is 25.9 Å². The lowest BCUT2D eigenvalue weighted by molar-refractivity contribution is -0.132. The minimum absolute atomic E-state index is 0.134. The Labute approximate surface area is 292 Å². The van der Waals surface area contributed by atoms with Crippen molar-refractivity contribution in [2.75, 3.05) is 54.4 Å². The van der Waals surface area contributed by atoms with E-state index in [0.717, 1.165) is 5.69 Å².